The third-order valence-corrected chi connectivity index (χ3v) is 4.91. The van der Waals surface area contributed by atoms with E-state index in [0.29, 0.717) is 10.5 Å². The molecule has 0 radical (unpaired) electrons. The van der Waals surface area contributed by atoms with E-state index in [4.69, 9.17) is 17.0 Å². The number of ether oxygens (including phenoxy) is 1. The Morgan fingerprint density at radius 2 is 2.14 bits per heavy atom. The van der Waals surface area contributed by atoms with Crippen molar-refractivity contribution in [1.29, 1.82) is 0 Å². The largest absolute Gasteiger partial charge is 0.464 e. The number of esters is 1. The van der Waals surface area contributed by atoms with Gasteiger partial charge in [0, 0.05) is 6.20 Å². The standard InChI is InChI=1S/C17H20N2O2S/c1-17(2)9-8-11-6-4-5-7-12(11)14(17)19-13(15(20)21-3)10-18-16(19)22/h4-7,10,14H,8-9H2,1-3H3,(H,18,22). The van der Waals surface area contributed by atoms with Crippen molar-refractivity contribution in [2.24, 2.45) is 5.41 Å². The Morgan fingerprint density at radius 1 is 1.41 bits per heavy atom. The quantitative estimate of drug-likeness (QED) is 0.675. The van der Waals surface area contributed by atoms with Gasteiger partial charge in [-0.25, -0.2) is 4.79 Å². The third-order valence-electron chi connectivity index (χ3n) is 4.59. The summed E-state index contributed by atoms with van der Waals surface area (Å²) in [5, 5.41) is 0. The number of nitrogens with one attached hydrogen (secondary N) is 1. The number of hydrogen-bond acceptors (Lipinski definition) is 3. The van der Waals surface area contributed by atoms with Gasteiger partial charge in [0.25, 0.3) is 0 Å². The van der Waals surface area contributed by atoms with Crippen LogP contribution in [-0.4, -0.2) is 22.6 Å². The van der Waals surface area contributed by atoms with Gasteiger partial charge in [0.1, 0.15) is 5.69 Å². The van der Waals surface area contributed by atoms with E-state index in [9.17, 15) is 4.79 Å². The van der Waals surface area contributed by atoms with Crippen molar-refractivity contribution < 1.29 is 9.53 Å². The number of aryl methyl sites for hydroxylation is 1. The van der Waals surface area contributed by atoms with Crippen molar-refractivity contribution in [3.8, 4) is 0 Å². The molecule has 1 aliphatic rings. The van der Waals surface area contributed by atoms with Crippen LogP contribution in [0.2, 0.25) is 0 Å². The number of hydrogen-bond donors (Lipinski definition) is 1. The van der Waals surface area contributed by atoms with Gasteiger partial charge in [-0.05, 0) is 41.6 Å². The van der Waals surface area contributed by atoms with Gasteiger partial charge in [-0.3, -0.25) is 0 Å². The number of rotatable bonds is 2. The zero-order valence-corrected chi connectivity index (χ0v) is 13.9. The molecular weight excluding hydrogens is 296 g/mol. The summed E-state index contributed by atoms with van der Waals surface area (Å²) in [5.41, 5.74) is 3.03. The van der Waals surface area contributed by atoms with Crippen molar-refractivity contribution >= 4 is 18.2 Å². The minimum atomic E-state index is -0.369. The second-order valence-corrected chi connectivity index (χ2v) is 6.82. The molecular formula is C17H20N2O2S. The molecule has 1 atom stereocenters. The number of aromatic nitrogens is 2. The highest BCUT2D eigenvalue weighted by Crippen LogP contribution is 2.46. The molecule has 116 valence electrons. The van der Waals surface area contributed by atoms with Gasteiger partial charge in [0.2, 0.25) is 0 Å². The van der Waals surface area contributed by atoms with Crippen molar-refractivity contribution in [1.82, 2.24) is 9.55 Å². The Labute approximate surface area is 135 Å². The van der Waals surface area contributed by atoms with E-state index in [-0.39, 0.29) is 17.4 Å². The molecule has 0 saturated heterocycles. The lowest BCUT2D eigenvalue weighted by Gasteiger charge is -2.41. The van der Waals surface area contributed by atoms with Crippen LogP contribution in [-0.2, 0) is 11.2 Å². The van der Waals surface area contributed by atoms with Crippen LogP contribution in [0.1, 0.15) is 47.9 Å². The predicted octanol–water partition coefficient (Wildman–Crippen LogP) is 3.89. The molecule has 22 heavy (non-hydrogen) atoms. The molecule has 0 spiro atoms. The summed E-state index contributed by atoms with van der Waals surface area (Å²) in [5.74, 6) is -0.369. The average Bonchev–Trinajstić information content (AvgIpc) is 2.87. The second-order valence-electron chi connectivity index (χ2n) is 6.43. The first kappa shape index (κ1) is 15.0. The Bertz CT molecular complexity index is 773. The molecule has 0 aliphatic heterocycles. The van der Waals surface area contributed by atoms with E-state index in [1.807, 2.05) is 10.6 Å². The van der Waals surface area contributed by atoms with Crippen LogP contribution in [0.4, 0.5) is 0 Å². The van der Waals surface area contributed by atoms with Gasteiger partial charge in [-0.15, -0.1) is 0 Å². The summed E-state index contributed by atoms with van der Waals surface area (Å²) in [4.78, 5) is 15.1. The van der Waals surface area contributed by atoms with Gasteiger partial charge in [0.05, 0.1) is 13.2 Å². The topological polar surface area (TPSA) is 47.0 Å². The summed E-state index contributed by atoms with van der Waals surface area (Å²) in [6.45, 7) is 4.45. The number of aromatic amines is 1. The molecule has 1 aliphatic carbocycles. The molecule has 4 nitrogen and oxygen atoms in total. The monoisotopic (exact) mass is 316 g/mol. The highest BCUT2D eigenvalue weighted by atomic mass is 32.1. The lowest BCUT2D eigenvalue weighted by atomic mass is 9.70. The third kappa shape index (κ3) is 2.29. The van der Waals surface area contributed by atoms with E-state index < -0.39 is 0 Å². The number of imidazole rings is 1. The van der Waals surface area contributed by atoms with E-state index in [1.165, 1.54) is 18.2 Å². The van der Waals surface area contributed by atoms with Crippen molar-refractivity contribution in [2.75, 3.05) is 7.11 Å². The van der Waals surface area contributed by atoms with E-state index in [1.54, 1.807) is 6.20 Å². The average molecular weight is 316 g/mol. The number of carbonyl (C=O) groups is 1. The lowest BCUT2D eigenvalue weighted by molar-refractivity contribution is 0.0580. The van der Waals surface area contributed by atoms with E-state index >= 15 is 0 Å². The number of H-pyrrole nitrogens is 1. The molecule has 2 aromatic rings. The van der Waals surface area contributed by atoms with Crippen LogP contribution in [0.15, 0.2) is 30.5 Å². The number of benzene rings is 1. The smallest absolute Gasteiger partial charge is 0.356 e. The van der Waals surface area contributed by atoms with Crippen LogP contribution in [0, 0.1) is 10.2 Å². The Morgan fingerprint density at radius 3 is 2.86 bits per heavy atom. The molecule has 0 saturated carbocycles. The maximum absolute atomic E-state index is 12.1. The van der Waals surface area contributed by atoms with E-state index in [2.05, 4.69) is 37.0 Å². The van der Waals surface area contributed by atoms with Crippen LogP contribution in [0.3, 0.4) is 0 Å². The number of nitrogens with zero attached hydrogens (tertiary/aromatic N) is 1. The molecule has 1 aromatic heterocycles. The van der Waals surface area contributed by atoms with E-state index in [0.717, 1.165) is 12.8 Å². The highest BCUT2D eigenvalue weighted by Gasteiger charge is 2.39. The molecule has 0 bridgehead atoms. The lowest BCUT2D eigenvalue weighted by Crippen LogP contribution is -2.34. The first-order valence-corrected chi connectivity index (χ1v) is 7.82. The first-order chi connectivity index (χ1) is 10.5. The van der Waals surface area contributed by atoms with Crippen LogP contribution in [0.5, 0.6) is 0 Å². The maximum atomic E-state index is 12.1. The summed E-state index contributed by atoms with van der Waals surface area (Å²) in [7, 11) is 1.39. The fourth-order valence-electron chi connectivity index (χ4n) is 3.43. The van der Waals surface area contributed by atoms with Crippen molar-refractivity contribution in [3.63, 3.8) is 0 Å². The van der Waals surface area contributed by atoms with Gasteiger partial charge in [-0.1, -0.05) is 38.1 Å². The van der Waals surface area contributed by atoms with Gasteiger partial charge in [-0.2, -0.15) is 0 Å². The van der Waals surface area contributed by atoms with Crippen molar-refractivity contribution in [2.45, 2.75) is 32.7 Å². The number of methoxy groups -OCH3 is 1. The number of carbonyl (C=O) groups excluding carboxylic acids is 1. The van der Waals surface area contributed by atoms with Crippen LogP contribution in [0.25, 0.3) is 0 Å². The van der Waals surface area contributed by atoms with Crippen LogP contribution < -0.4 is 0 Å². The Balaban J connectivity index is 2.25. The minimum Gasteiger partial charge on any atom is -0.464 e. The zero-order valence-electron chi connectivity index (χ0n) is 13.1. The van der Waals surface area contributed by atoms with Crippen LogP contribution >= 0.6 is 12.2 Å². The Kier molecular flexibility index (Phi) is 3.68. The molecule has 1 N–H and O–H groups in total. The second kappa shape index (κ2) is 5.39. The normalized spacial score (nSPS) is 19.5. The summed E-state index contributed by atoms with van der Waals surface area (Å²) < 4.78 is 7.38. The zero-order chi connectivity index (χ0) is 15.9. The SMILES string of the molecule is COC(=O)c1c[nH]c(=S)n1C1c2ccccc2CCC1(C)C. The molecule has 1 unspecified atom stereocenters. The molecule has 1 heterocycles. The first-order valence-electron chi connectivity index (χ1n) is 7.42. The summed E-state index contributed by atoms with van der Waals surface area (Å²) in [6, 6.07) is 8.42. The minimum absolute atomic E-state index is 0.00244. The fraction of sp³-hybridized carbons (Fsp3) is 0.412. The van der Waals surface area contributed by atoms with Gasteiger partial charge >= 0.3 is 5.97 Å². The fourth-order valence-corrected chi connectivity index (χ4v) is 3.69. The summed E-state index contributed by atoms with van der Waals surface area (Å²) in [6.07, 6.45) is 3.73. The molecule has 0 fully saturated rings. The summed E-state index contributed by atoms with van der Waals surface area (Å²) >= 11 is 5.45. The molecule has 3 rings (SSSR count). The van der Waals surface area contributed by atoms with Gasteiger partial charge < -0.3 is 14.3 Å². The predicted molar refractivity (Wildman–Crippen MR) is 87.6 cm³/mol. The molecule has 1 aromatic carbocycles. The number of fused-ring (bicyclic) bond motifs is 1. The van der Waals surface area contributed by atoms with Gasteiger partial charge in [0.15, 0.2) is 4.77 Å². The molecule has 5 heteroatoms. The Hall–Kier alpha value is -1.88. The van der Waals surface area contributed by atoms with Crippen molar-refractivity contribution in [3.05, 3.63) is 52.1 Å². The highest BCUT2D eigenvalue weighted by molar-refractivity contribution is 7.71. The molecule has 0 amide bonds. The maximum Gasteiger partial charge on any atom is 0.356 e.